The Labute approximate surface area is 106 Å². The van der Waals surface area contributed by atoms with Gasteiger partial charge in [0.1, 0.15) is 0 Å². The van der Waals surface area contributed by atoms with E-state index in [1.165, 1.54) is 0 Å². The zero-order valence-corrected chi connectivity index (χ0v) is 12.2. The van der Waals surface area contributed by atoms with Crippen LogP contribution in [-0.4, -0.2) is 24.2 Å². The molecular weight excluding hydrogens is 214 g/mol. The Balaban J connectivity index is 3.84. The number of ether oxygens (including phenoxy) is 1. The summed E-state index contributed by atoms with van der Waals surface area (Å²) in [6.45, 7) is 12.2. The van der Waals surface area contributed by atoms with Gasteiger partial charge in [0.25, 0.3) is 0 Å². The number of nitrogens with one attached hydrogen (secondary N) is 1. The van der Waals surface area contributed by atoms with Gasteiger partial charge in [-0.15, -0.1) is 0 Å². The summed E-state index contributed by atoms with van der Waals surface area (Å²) in [6, 6.07) is 0.272. The third kappa shape index (κ3) is 8.19. The van der Waals surface area contributed by atoms with E-state index in [4.69, 9.17) is 4.74 Å². The summed E-state index contributed by atoms with van der Waals surface area (Å²) in [6.07, 6.45) is 3.29. The van der Waals surface area contributed by atoms with E-state index in [-0.39, 0.29) is 30.1 Å². The Morgan fingerprint density at radius 1 is 1.12 bits per heavy atom. The second-order valence-corrected chi connectivity index (χ2v) is 5.29. The van der Waals surface area contributed by atoms with E-state index in [0.29, 0.717) is 0 Å². The Morgan fingerprint density at radius 2 is 1.71 bits per heavy atom. The van der Waals surface area contributed by atoms with Crippen molar-refractivity contribution < 1.29 is 9.53 Å². The summed E-state index contributed by atoms with van der Waals surface area (Å²) in [5.41, 5.74) is 0. The normalized spacial score (nSPS) is 16.6. The van der Waals surface area contributed by atoms with Crippen LogP contribution >= 0.6 is 0 Å². The average molecular weight is 243 g/mol. The first kappa shape index (κ1) is 16.4. The second kappa shape index (κ2) is 8.51. The van der Waals surface area contributed by atoms with Gasteiger partial charge in [-0.05, 0) is 47.0 Å². The van der Waals surface area contributed by atoms with Gasteiger partial charge in [0.05, 0.1) is 12.2 Å². The van der Waals surface area contributed by atoms with Gasteiger partial charge in [-0.1, -0.05) is 13.8 Å². The van der Waals surface area contributed by atoms with Gasteiger partial charge in [-0.25, -0.2) is 0 Å². The summed E-state index contributed by atoms with van der Waals surface area (Å²) in [7, 11) is 0. The lowest BCUT2D eigenvalue weighted by Gasteiger charge is -2.19. The predicted octanol–water partition coefficient (Wildman–Crippen LogP) is 3.13. The number of amides is 1. The van der Waals surface area contributed by atoms with Gasteiger partial charge in [-0.3, -0.25) is 4.79 Å². The highest BCUT2D eigenvalue weighted by Crippen LogP contribution is 2.12. The molecule has 0 heterocycles. The molecule has 3 heteroatoms. The van der Waals surface area contributed by atoms with Gasteiger partial charge < -0.3 is 10.1 Å². The monoisotopic (exact) mass is 243 g/mol. The van der Waals surface area contributed by atoms with Crippen molar-refractivity contribution in [2.45, 2.75) is 79.1 Å². The number of hydrogen-bond donors (Lipinski definition) is 1. The highest BCUT2D eigenvalue weighted by molar-refractivity contribution is 5.78. The van der Waals surface area contributed by atoms with E-state index in [1.54, 1.807) is 0 Å². The van der Waals surface area contributed by atoms with Crippen molar-refractivity contribution in [3.63, 3.8) is 0 Å². The lowest BCUT2D eigenvalue weighted by molar-refractivity contribution is -0.125. The SMILES string of the molecule is CCC(C)NC(=O)C(C)CCC(C)OC(C)C. The lowest BCUT2D eigenvalue weighted by Crippen LogP contribution is -2.36. The molecule has 3 atom stereocenters. The lowest BCUT2D eigenvalue weighted by atomic mass is 10.0. The summed E-state index contributed by atoms with van der Waals surface area (Å²) in [5.74, 6) is 0.235. The molecule has 0 rings (SSSR count). The van der Waals surface area contributed by atoms with Crippen LogP contribution < -0.4 is 5.32 Å². The standard InChI is InChI=1S/C14H29NO2/c1-7-12(5)15-14(16)11(4)8-9-13(6)17-10(2)3/h10-13H,7-9H2,1-6H3,(H,15,16). The van der Waals surface area contributed by atoms with Crippen LogP contribution in [-0.2, 0) is 9.53 Å². The van der Waals surface area contributed by atoms with E-state index >= 15 is 0 Å². The highest BCUT2D eigenvalue weighted by atomic mass is 16.5. The van der Waals surface area contributed by atoms with Gasteiger partial charge >= 0.3 is 0 Å². The van der Waals surface area contributed by atoms with E-state index in [0.717, 1.165) is 19.3 Å². The van der Waals surface area contributed by atoms with Crippen LogP contribution in [0.2, 0.25) is 0 Å². The molecule has 0 spiro atoms. The largest absolute Gasteiger partial charge is 0.376 e. The molecule has 0 aromatic carbocycles. The predicted molar refractivity (Wildman–Crippen MR) is 72.0 cm³/mol. The first-order chi connectivity index (χ1) is 7.86. The Kier molecular flexibility index (Phi) is 8.23. The summed E-state index contributed by atoms with van der Waals surface area (Å²) in [4.78, 5) is 11.8. The molecule has 102 valence electrons. The van der Waals surface area contributed by atoms with Crippen molar-refractivity contribution in [2.24, 2.45) is 5.92 Å². The van der Waals surface area contributed by atoms with E-state index in [9.17, 15) is 4.79 Å². The van der Waals surface area contributed by atoms with E-state index in [2.05, 4.69) is 19.2 Å². The minimum absolute atomic E-state index is 0.0715. The fraction of sp³-hybridized carbons (Fsp3) is 0.929. The molecule has 0 saturated heterocycles. The second-order valence-electron chi connectivity index (χ2n) is 5.29. The average Bonchev–Trinajstić information content (AvgIpc) is 2.24. The van der Waals surface area contributed by atoms with Gasteiger partial charge in [0, 0.05) is 12.0 Å². The fourth-order valence-electron chi connectivity index (χ4n) is 1.64. The summed E-state index contributed by atoms with van der Waals surface area (Å²) in [5, 5.41) is 3.01. The molecule has 0 aliphatic heterocycles. The molecule has 0 bridgehead atoms. The fourth-order valence-corrected chi connectivity index (χ4v) is 1.64. The first-order valence-electron chi connectivity index (χ1n) is 6.82. The molecule has 1 amide bonds. The van der Waals surface area contributed by atoms with Gasteiger partial charge in [0.2, 0.25) is 5.91 Å². The van der Waals surface area contributed by atoms with Crippen molar-refractivity contribution in [1.29, 1.82) is 0 Å². The van der Waals surface area contributed by atoms with Crippen LogP contribution in [0.3, 0.4) is 0 Å². The number of carbonyl (C=O) groups is 1. The maximum absolute atomic E-state index is 11.8. The van der Waals surface area contributed by atoms with Gasteiger partial charge in [-0.2, -0.15) is 0 Å². The number of carbonyl (C=O) groups excluding carboxylic acids is 1. The Hall–Kier alpha value is -0.570. The van der Waals surface area contributed by atoms with Crippen LogP contribution in [0.25, 0.3) is 0 Å². The zero-order valence-electron chi connectivity index (χ0n) is 12.2. The minimum Gasteiger partial charge on any atom is -0.376 e. The zero-order chi connectivity index (χ0) is 13.4. The summed E-state index contributed by atoms with van der Waals surface area (Å²) >= 11 is 0. The maximum Gasteiger partial charge on any atom is 0.223 e. The topological polar surface area (TPSA) is 38.3 Å². The molecule has 3 unspecified atom stereocenters. The highest BCUT2D eigenvalue weighted by Gasteiger charge is 2.16. The van der Waals surface area contributed by atoms with E-state index < -0.39 is 0 Å². The number of hydrogen-bond acceptors (Lipinski definition) is 2. The van der Waals surface area contributed by atoms with Crippen LogP contribution in [0, 0.1) is 5.92 Å². The third-order valence-corrected chi connectivity index (χ3v) is 2.96. The van der Waals surface area contributed by atoms with Crippen LogP contribution in [0.1, 0.15) is 60.8 Å². The van der Waals surface area contributed by atoms with Gasteiger partial charge in [0.15, 0.2) is 0 Å². The van der Waals surface area contributed by atoms with Crippen LogP contribution in [0.5, 0.6) is 0 Å². The minimum atomic E-state index is 0.0715. The molecule has 1 N–H and O–H groups in total. The Bertz CT molecular complexity index is 216. The molecule has 0 aliphatic carbocycles. The molecule has 0 fully saturated rings. The molecule has 0 aliphatic rings. The van der Waals surface area contributed by atoms with E-state index in [1.807, 2.05) is 27.7 Å². The maximum atomic E-state index is 11.8. The van der Waals surface area contributed by atoms with Crippen molar-refractivity contribution in [2.75, 3.05) is 0 Å². The Morgan fingerprint density at radius 3 is 2.18 bits per heavy atom. The molecule has 0 radical (unpaired) electrons. The molecule has 17 heavy (non-hydrogen) atoms. The molecule has 0 aromatic heterocycles. The van der Waals surface area contributed by atoms with Crippen molar-refractivity contribution >= 4 is 5.91 Å². The smallest absolute Gasteiger partial charge is 0.223 e. The quantitative estimate of drug-likeness (QED) is 0.711. The third-order valence-electron chi connectivity index (χ3n) is 2.96. The molecule has 0 aromatic rings. The van der Waals surface area contributed by atoms with Crippen molar-refractivity contribution in [3.8, 4) is 0 Å². The summed E-state index contributed by atoms with van der Waals surface area (Å²) < 4.78 is 5.65. The van der Waals surface area contributed by atoms with Crippen LogP contribution in [0.15, 0.2) is 0 Å². The number of rotatable bonds is 8. The first-order valence-corrected chi connectivity index (χ1v) is 6.82. The molecular formula is C14H29NO2. The van der Waals surface area contributed by atoms with Crippen molar-refractivity contribution in [3.05, 3.63) is 0 Å². The molecule has 3 nitrogen and oxygen atoms in total. The van der Waals surface area contributed by atoms with Crippen LogP contribution in [0.4, 0.5) is 0 Å². The molecule has 0 saturated carbocycles. The van der Waals surface area contributed by atoms with Crippen molar-refractivity contribution in [1.82, 2.24) is 5.32 Å².